The monoisotopic (exact) mass is 552 g/mol. The summed E-state index contributed by atoms with van der Waals surface area (Å²) >= 11 is 4.17. The average molecular weight is 553 g/mol. The fourth-order valence-electron chi connectivity index (χ4n) is 4.05. The Bertz CT molecular complexity index is 1300. The number of hydrogen-bond acceptors (Lipinski definition) is 11. The Balaban J connectivity index is 1.53. The first-order valence-corrected chi connectivity index (χ1v) is 13.5. The molecule has 2 aromatic rings. The summed E-state index contributed by atoms with van der Waals surface area (Å²) in [6, 6.07) is -0.908. The molecular formula is C21H26N7O5S3+. The van der Waals surface area contributed by atoms with Crippen molar-refractivity contribution in [3.8, 4) is 0 Å². The number of aryl methyl sites for hydroxylation is 1. The minimum Gasteiger partial charge on any atom is -0.477 e. The van der Waals surface area contributed by atoms with Crippen LogP contribution in [0.4, 0.5) is 10.3 Å². The number of carboxylic acids is 1. The molecule has 15 heteroatoms. The summed E-state index contributed by atoms with van der Waals surface area (Å²) in [5.41, 5.74) is 7.49. The van der Waals surface area contributed by atoms with Crippen LogP contribution < -0.4 is 20.5 Å². The summed E-state index contributed by atoms with van der Waals surface area (Å²) in [5.74, 6) is -1.94. The van der Waals surface area contributed by atoms with Gasteiger partial charge in [-0.25, -0.2) is 14.3 Å². The molecule has 0 radical (unpaired) electrons. The topological polar surface area (TPSA) is 154 Å². The van der Waals surface area contributed by atoms with Crippen LogP contribution in [0.5, 0.6) is 0 Å². The summed E-state index contributed by atoms with van der Waals surface area (Å²) < 4.78 is 2.06. The number of thioether (sulfide) groups is 1. The lowest BCUT2D eigenvalue weighted by Crippen LogP contribution is -2.71. The number of likely N-dealkylation sites (N-methyl/N-ethyl adjacent to an activating group) is 1. The number of carbonyl (C=O) groups is 3. The number of nitrogens with one attached hydrogen (secondary N) is 1. The minimum absolute atomic E-state index is 0.0354. The van der Waals surface area contributed by atoms with E-state index in [1.54, 1.807) is 16.7 Å². The van der Waals surface area contributed by atoms with Crippen molar-refractivity contribution in [3.63, 3.8) is 0 Å². The van der Waals surface area contributed by atoms with Gasteiger partial charge in [0.15, 0.2) is 10.8 Å². The van der Waals surface area contributed by atoms with Gasteiger partial charge < -0.3 is 21.0 Å². The number of thiazole rings is 2. The van der Waals surface area contributed by atoms with E-state index in [1.807, 2.05) is 32.8 Å². The highest BCUT2D eigenvalue weighted by atomic mass is 32.2. The summed E-state index contributed by atoms with van der Waals surface area (Å²) in [6.45, 7) is 4.43. The molecule has 0 aliphatic carbocycles. The number of nitrogens with zero attached hydrogens (tertiary/aromatic N) is 5. The molecule has 4 rings (SSSR count). The van der Waals surface area contributed by atoms with Gasteiger partial charge in [-0.1, -0.05) is 16.5 Å². The fourth-order valence-corrected chi connectivity index (χ4v) is 6.99. The quantitative estimate of drug-likeness (QED) is 0.183. The van der Waals surface area contributed by atoms with Crippen molar-refractivity contribution in [1.82, 2.24) is 15.2 Å². The average Bonchev–Trinajstić information content (AvgIpc) is 3.38. The highest BCUT2D eigenvalue weighted by Gasteiger charge is 2.54. The van der Waals surface area contributed by atoms with E-state index in [1.165, 1.54) is 28.6 Å². The molecule has 4 heterocycles. The van der Waals surface area contributed by atoms with Gasteiger partial charge in [-0.05, 0) is 13.8 Å². The molecule has 1 saturated heterocycles. The van der Waals surface area contributed by atoms with E-state index in [-0.39, 0.29) is 22.2 Å². The number of rotatable bonds is 8. The van der Waals surface area contributed by atoms with Crippen molar-refractivity contribution < 1.29 is 28.9 Å². The van der Waals surface area contributed by atoms with Crippen LogP contribution in [0.25, 0.3) is 0 Å². The number of β-lactam (4-membered cyclic amide) rings is 1. The van der Waals surface area contributed by atoms with Crippen molar-refractivity contribution in [2.45, 2.75) is 25.3 Å². The van der Waals surface area contributed by atoms with Gasteiger partial charge in [0.1, 0.15) is 42.2 Å². The Morgan fingerprint density at radius 1 is 1.44 bits per heavy atom. The highest BCUT2D eigenvalue weighted by Crippen LogP contribution is 2.41. The summed E-state index contributed by atoms with van der Waals surface area (Å²) in [5, 5.41) is 18.6. The molecular weight excluding hydrogens is 526 g/mol. The number of nitrogen functional groups attached to an aromatic ring is 1. The third-order valence-corrected chi connectivity index (χ3v) is 9.38. The number of amides is 2. The first-order valence-electron chi connectivity index (χ1n) is 10.8. The first kappa shape index (κ1) is 25.9. The number of fused-ring (bicyclic) bond motifs is 1. The molecule has 2 aliphatic heterocycles. The smallest absolute Gasteiger partial charge is 0.352 e. The number of aromatic nitrogens is 2. The van der Waals surface area contributed by atoms with E-state index in [4.69, 9.17) is 10.6 Å². The van der Waals surface area contributed by atoms with Crippen molar-refractivity contribution in [2.24, 2.45) is 12.2 Å². The lowest BCUT2D eigenvalue weighted by atomic mass is 10.0. The third-order valence-electron chi connectivity index (χ3n) is 6.00. The molecule has 192 valence electrons. The van der Waals surface area contributed by atoms with E-state index in [0.29, 0.717) is 17.9 Å². The van der Waals surface area contributed by atoms with E-state index < -0.39 is 29.2 Å². The molecule has 0 bridgehead atoms. The van der Waals surface area contributed by atoms with E-state index >= 15 is 0 Å². The van der Waals surface area contributed by atoms with Gasteiger partial charge in [0.05, 0.1) is 19.0 Å². The zero-order valence-corrected chi connectivity index (χ0v) is 22.7. The lowest BCUT2D eigenvalue weighted by Gasteiger charge is -2.49. The van der Waals surface area contributed by atoms with Gasteiger partial charge in [0, 0.05) is 16.7 Å². The molecule has 36 heavy (non-hydrogen) atoms. The fraction of sp³-hybridized carbons (Fsp3) is 0.429. The zero-order chi connectivity index (χ0) is 26.3. The van der Waals surface area contributed by atoms with Gasteiger partial charge in [0.25, 0.3) is 11.8 Å². The summed E-state index contributed by atoms with van der Waals surface area (Å²) in [4.78, 5) is 51.4. The number of aliphatic carboxylic acids is 1. The van der Waals surface area contributed by atoms with Gasteiger partial charge in [0.2, 0.25) is 0 Å². The Kier molecular flexibility index (Phi) is 7.24. The molecule has 1 fully saturated rings. The van der Waals surface area contributed by atoms with E-state index in [2.05, 4.69) is 20.0 Å². The molecule has 2 atom stereocenters. The van der Waals surface area contributed by atoms with Crippen molar-refractivity contribution in [1.29, 1.82) is 0 Å². The number of nitrogens with two attached hydrogens (primary N) is 1. The Hall–Kier alpha value is -3.17. The van der Waals surface area contributed by atoms with Crippen LogP contribution >= 0.6 is 34.4 Å². The third kappa shape index (κ3) is 4.53. The van der Waals surface area contributed by atoms with Crippen LogP contribution in [-0.4, -0.2) is 76.4 Å². The van der Waals surface area contributed by atoms with Gasteiger partial charge >= 0.3 is 11.1 Å². The van der Waals surface area contributed by atoms with Gasteiger partial charge in [-0.2, -0.15) is 0 Å². The standard InChI is InChI=1S/C21H25N7O5S3/c1-9-10(2)36-21(27(9)4)26(3)6-11-7-34-18-14(17(30)28(18)15(11)19(31)32)24-16(29)13(25-33-5)12-8-35-20(22)23-12/h8,14,18H,6-7H2,1-5H3,(H3-,22,23,24,29,31,32)/p+1/b25-13-. The van der Waals surface area contributed by atoms with E-state index in [9.17, 15) is 19.5 Å². The Morgan fingerprint density at radius 2 is 2.17 bits per heavy atom. The van der Waals surface area contributed by atoms with Crippen molar-refractivity contribution in [3.05, 3.63) is 32.9 Å². The maximum absolute atomic E-state index is 13.1. The predicted octanol–water partition coefficient (Wildman–Crippen LogP) is 0.454. The molecule has 2 amide bonds. The molecule has 0 aromatic carbocycles. The van der Waals surface area contributed by atoms with Crippen LogP contribution in [0.15, 0.2) is 21.8 Å². The molecule has 12 nitrogen and oxygen atoms in total. The molecule has 2 aliphatic rings. The van der Waals surface area contributed by atoms with E-state index in [0.717, 1.165) is 22.2 Å². The number of carboxylic acid groups (broad SMARTS) is 1. The number of anilines is 2. The van der Waals surface area contributed by atoms with Crippen LogP contribution in [0, 0.1) is 13.8 Å². The highest BCUT2D eigenvalue weighted by molar-refractivity contribution is 8.00. The Morgan fingerprint density at radius 3 is 2.72 bits per heavy atom. The maximum atomic E-state index is 13.1. The SMILES string of the molecule is CO/N=C(\C(=O)NC1C(=O)N2C(C(=O)O)=C(CN(C)c3sc(C)c(C)[n+]3C)CSC12)c1csc(N)n1. The largest absolute Gasteiger partial charge is 0.477 e. The second-order valence-electron chi connectivity index (χ2n) is 8.25. The minimum atomic E-state index is -1.18. The molecule has 4 N–H and O–H groups in total. The zero-order valence-electron chi connectivity index (χ0n) is 20.3. The second kappa shape index (κ2) is 10.1. The lowest BCUT2D eigenvalue weighted by molar-refractivity contribution is -0.660. The number of oxime groups is 1. The summed E-state index contributed by atoms with van der Waals surface area (Å²) in [6.07, 6.45) is 0. The number of carbonyl (C=O) groups excluding carboxylic acids is 2. The van der Waals surface area contributed by atoms with Crippen LogP contribution in [0.2, 0.25) is 0 Å². The molecule has 0 spiro atoms. The van der Waals surface area contributed by atoms with Gasteiger partial charge in [-0.15, -0.1) is 23.1 Å². The van der Waals surface area contributed by atoms with Crippen molar-refractivity contribution in [2.75, 3.05) is 37.1 Å². The maximum Gasteiger partial charge on any atom is 0.352 e. The predicted molar refractivity (Wildman–Crippen MR) is 138 cm³/mol. The molecule has 2 aromatic heterocycles. The number of hydrogen-bond donors (Lipinski definition) is 3. The van der Waals surface area contributed by atoms with Crippen LogP contribution in [-0.2, 0) is 26.3 Å². The van der Waals surface area contributed by atoms with Crippen LogP contribution in [0.1, 0.15) is 16.3 Å². The van der Waals surface area contributed by atoms with Gasteiger partial charge in [-0.3, -0.25) is 19.4 Å². The second-order valence-corrected chi connectivity index (χ2v) is 11.4. The molecule has 2 unspecified atom stereocenters. The first-order chi connectivity index (χ1) is 17.0. The molecule has 0 saturated carbocycles. The van der Waals surface area contributed by atoms with Crippen molar-refractivity contribution >= 4 is 68.2 Å². The van der Waals surface area contributed by atoms with Crippen LogP contribution in [0.3, 0.4) is 0 Å². The summed E-state index contributed by atoms with van der Waals surface area (Å²) in [7, 11) is 5.16. The Labute approximate surface area is 219 Å². The normalized spacial score (nSPS) is 19.6.